The largest absolute Gasteiger partial charge is 0.226 e. The number of nitrogens with zero attached hydrogens (tertiary/aromatic N) is 6. The van der Waals surface area contributed by atoms with Gasteiger partial charge in [-0.05, 0) is 46.5 Å². The molecule has 0 aliphatic carbocycles. The second kappa shape index (κ2) is 10.4. The Morgan fingerprint density at radius 2 is 1.65 bits per heavy atom. The third kappa shape index (κ3) is 4.98. The molecule has 2 aromatic heterocycles. The maximum atomic E-state index is 4.76. The van der Waals surface area contributed by atoms with Crippen LogP contribution in [0.25, 0.3) is 17.1 Å². The summed E-state index contributed by atoms with van der Waals surface area (Å²) in [4.78, 5) is 1.63. The fourth-order valence-corrected chi connectivity index (χ4v) is 5.04. The molecular formula is C26H23BrN6S. The van der Waals surface area contributed by atoms with Gasteiger partial charge in [-0.2, -0.15) is 9.90 Å². The third-order valence-corrected chi connectivity index (χ3v) is 7.15. The quantitative estimate of drug-likeness (QED) is 0.224. The molecule has 34 heavy (non-hydrogen) atoms. The number of aromatic nitrogens is 6. The molecule has 8 heteroatoms. The summed E-state index contributed by atoms with van der Waals surface area (Å²) in [6, 6.07) is 27.0. The van der Waals surface area contributed by atoms with E-state index in [1.807, 2.05) is 47.3 Å². The van der Waals surface area contributed by atoms with Crippen LogP contribution in [0, 0.1) is 0 Å². The van der Waals surface area contributed by atoms with E-state index in [0.717, 1.165) is 38.5 Å². The summed E-state index contributed by atoms with van der Waals surface area (Å²) >= 11 is 5.21. The first kappa shape index (κ1) is 22.6. The zero-order valence-electron chi connectivity index (χ0n) is 18.7. The van der Waals surface area contributed by atoms with Crippen molar-refractivity contribution in [1.29, 1.82) is 0 Å². The van der Waals surface area contributed by atoms with Crippen LogP contribution in [0.3, 0.4) is 0 Å². The summed E-state index contributed by atoms with van der Waals surface area (Å²) in [7, 11) is 0. The van der Waals surface area contributed by atoms with Crippen molar-refractivity contribution in [2.45, 2.75) is 30.7 Å². The van der Waals surface area contributed by atoms with Gasteiger partial charge in [0, 0.05) is 10.2 Å². The van der Waals surface area contributed by atoms with Crippen LogP contribution in [0.5, 0.6) is 0 Å². The Kier molecular flexibility index (Phi) is 6.87. The molecule has 0 bridgehead atoms. The SMILES string of the molecule is CCc1ccccc1-n1ncc(-c2nnn(Cc3ccc(Br)cc3)n2)c1SCc1ccccc1. The summed E-state index contributed by atoms with van der Waals surface area (Å²) < 4.78 is 3.06. The molecule has 6 nitrogen and oxygen atoms in total. The maximum Gasteiger partial charge on any atom is 0.209 e. The number of benzene rings is 3. The highest BCUT2D eigenvalue weighted by Gasteiger charge is 2.20. The number of thioether (sulfide) groups is 1. The molecule has 3 aromatic carbocycles. The van der Waals surface area contributed by atoms with E-state index in [1.54, 1.807) is 16.6 Å². The van der Waals surface area contributed by atoms with Gasteiger partial charge in [0.25, 0.3) is 0 Å². The highest BCUT2D eigenvalue weighted by Crippen LogP contribution is 2.34. The molecule has 0 radical (unpaired) electrons. The normalized spacial score (nSPS) is 11.1. The Morgan fingerprint density at radius 3 is 2.44 bits per heavy atom. The van der Waals surface area contributed by atoms with Crippen molar-refractivity contribution in [2.75, 3.05) is 0 Å². The van der Waals surface area contributed by atoms with Gasteiger partial charge in [0.1, 0.15) is 5.03 Å². The van der Waals surface area contributed by atoms with Crippen molar-refractivity contribution in [3.63, 3.8) is 0 Å². The number of tetrazole rings is 1. The van der Waals surface area contributed by atoms with E-state index in [0.29, 0.717) is 12.4 Å². The number of hydrogen-bond donors (Lipinski definition) is 0. The number of para-hydroxylation sites is 1. The van der Waals surface area contributed by atoms with Crippen LogP contribution in [0.4, 0.5) is 0 Å². The van der Waals surface area contributed by atoms with Crippen molar-refractivity contribution in [1.82, 2.24) is 30.0 Å². The molecule has 0 atom stereocenters. The lowest BCUT2D eigenvalue weighted by molar-refractivity contribution is 0.573. The molecule has 0 saturated carbocycles. The van der Waals surface area contributed by atoms with Gasteiger partial charge in [-0.3, -0.25) is 0 Å². The third-order valence-electron chi connectivity index (χ3n) is 5.48. The molecule has 0 saturated heterocycles. The molecule has 0 spiro atoms. The molecule has 0 unspecified atom stereocenters. The van der Waals surface area contributed by atoms with E-state index < -0.39 is 0 Å². The highest BCUT2D eigenvalue weighted by molar-refractivity contribution is 9.10. The summed E-state index contributed by atoms with van der Waals surface area (Å²) in [5.41, 5.74) is 5.56. The van der Waals surface area contributed by atoms with Crippen LogP contribution in [0.15, 0.2) is 94.6 Å². The summed E-state index contributed by atoms with van der Waals surface area (Å²) in [5.74, 6) is 1.40. The summed E-state index contributed by atoms with van der Waals surface area (Å²) in [6.45, 7) is 2.72. The van der Waals surface area contributed by atoms with Crippen molar-refractivity contribution in [2.24, 2.45) is 0 Å². The molecule has 0 fully saturated rings. The van der Waals surface area contributed by atoms with E-state index in [4.69, 9.17) is 5.10 Å². The fraction of sp³-hybridized carbons (Fsp3) is 0.154. The van der Waals surface area contributed by atoms with Gasteiger partial charge in [-0.1, -0.05) is 83.5 Å². The Hall–Kier alpha value is -3.23. The van der Waals surface area contributed by atoms with E-state index in [9.17, 15) is 0 Å². The van der Waals surface area contributed by atoms with Crippen molar-refractivity contribution >= 4 is 27.7 Å². The monoisotopic (exact) mass is 530 g/mol. The van der Waals surface area contributed by atoms with E-state index in [1.165, 1.54) is 11.1 Å². The predicted molar refractivity (Wildman–Crippen MR) is 139 cm³/mol. The Labute approximate surface area is 211 Å². The van der Waals surface area contributed by atoms with Crippen LogP contribution >= 0.6 is 27.7 Å². The Balaban J connectivity index is 1.50. The predicted octanol–water partition coefficient (Wildman–Crippen LogP) is 6.19. The standard InChI is InChI=1S/C26H23BrN6S/c1-2-21-10-6-7-11-24(21)33-26(34-18-20-8-4-3-5-9-20)23(16-28-33)25-29-31-32(30-25)17-19-12-14-22(27)15-13-19/h3-16H,2,17-18H2,1H3. The second-order valence-corrected chi connectivity index (χ2v) is 9.68. The van der Waals surface area contributed by atoms with E-state index >= 15 is 0 Å². The minimum absolute atomic E-state index is 0.555. The lowest BCUT2D eigenvalue weighted by Gasteiger charge is -2.12. The summed E-state index contributed by atoms with van der Waals surface area (Å²) in [5, 5.41) is 19.1. The van der Waals surface area contributed by atoms with Crippen LogP contribution in [0.1, 0.15) is 23.6 Å². The number of aryl methyl sites for hydroxylation is 1. The van der Waals surface area contributed by atoms with Crippen LogP contribution in [-0.4, -0.2) is 30.0 Å². The van der Waals surface area contributed by atoms with Gasteiger partial charge in [0.05, 0.1) is 24.0 Å². The van der Waals surface area contributed by atoms with Gasteiger partial charge < -0.3 is 0 Å². The van der Waals surface area contributed by atoms with Gasteiger partial charge in [0.15, 0.2) is 0 Å². The molecule has 0 aliphatic rings. The first-order valence-corrected chi connectivity index (χ1v) is 12.8. The number of hydrogen-bond acceptors (Lipinski definition) is 5. The lowest BCUT2D eigenvalue weighted by atomic mass is 10.1. The summed E-state index contributed by atoms with van der Waals surface area (Å²) in [6.07, 6.45) is 2.77. The van der Waals surface area contributed by atoms with Gasteiger partial charge >= 0.3 is 0 Å². The van der Waals surface area contributed by atoms with E-state index in [2.05, 4.69) is 80.7 Å². The molecule has 5 aromatic rings. The molecular weight excluding hydrogens is 508 g/mol. The first-order valence-electron chi connectivity index (χ1n) is 11.1. The van der Waals surface area contributed by atoms with Crippen molar-refractivity contribution in [3.05, 3.63) is 106 Å². The molecule has 0 N–H and O–H groups in total. The van der Waals surface area contributed by atoms with Crippen molar-refractivity contribution in [3.8, 4) is 17.1 Å². The first-order chi connectivity index (χ1) is 16.7. The second-order valence-electron chi connectivity index (χ2n) is 7.80. The highest BCUT2D eigenvalue weighted by atomic mass is 79.9. The lowest BCUT2D eigenvalue weighted by Crippen LogP contribution is -2.04. The van der Waals surface area contributed by atoms with Crippen LogP contribution in [-0.2, 0) is 18.7 Å². The molecule has 5 rings (SSSR count). The zero-order valence-corrected chi connectivity index (χ0v) is 21.1. The average molecular weight is 531 g/mol. The van der Waals surface area contributed by atoms with Crippen LogP contribution in [0.2, 0.25) is 0 Å². The molecule has 2 heterocycles. The van der Waals surface area contributed by atoms with Gasteiger partial charge in [-0.15, -0.1) is 22.0 Å². The fourth-order valence-electron chi connectivity index (χ4n) is 3.71. The van der Waals surface area contributed by atoms with Gasteiger partial charge in [-0.25, -0.2) is 4.68 Å². The zero-order chi connectivity index (χ0) is 23.3. The minimum atomic E-state index is 0.555. The molecule has 0 amide bonds. The van der Waals surface area contributed by atoms with Gasteiger partial charge in [0.2, 0.25) is 5.82 Å². The average Bonchev–Trinajstić information content (AvgIpc) is 3.51. The smallest absolute Gasteiger partial charge is 0.209 e. The van der Waals surface area contributed by atoms with Crippen LogP contribution < -0.4 is 0 Å². The van der Waals surface area contributed by atoms with Crippen molar-refractivity contribution < 1.29 is 0 Å². The maximum absolute atomic E-state index is 4.76. The Bertz CT molecular complexity index is 1380. The molecule has 0 aliphatic heterocycles. The molecule has 170 valence electrons. The Morgan fingerprint density at radius 1 is 0.882 bits per heavy atom. The topological polar surface area (TPSA) is 61.4 Å². The van der Waals surface area contributed by atoms with E-state index in [-0.39, 0.29) is 0 Å². The number of rotatable bonds is 8. The number of halogens is 1. The minimum Gasteiger partial charge on any atom is -0.226 e.